The lowest BCUT2D eigenvalue weighted by Gasteiger charge is -2.35. The summed E-state index contributed by atoms with van der Waals surface area (Å²) in [5, 5.41) is 0. The molecule has 2 amide bonds. The van der Waals surface area contributed by atoms with Gasteiger partial charge in [-0.25, -0.2) is 9.59 Å². The molecule has 154 valence electrons. The highest BCUT2D eigenvalue weighted by atomic mass is 16.6. The van der Waals surface area contributed by atoms with Crippen molar-refractivity contribution in [2.24, 2.45) is 0 Å². The van der Waals surface area contributed by atoms with Gasteiger partial charge in [0.1, 0.15) is 12.2 Å². The van der Waals surface area contributed by atoms with Gasteiger partial charge in [-0.1, -0.05) is 13.8 Å². The molecule has 0 bridgehead atoms. The zero-order chi connectivity index (χ0) is 20.6. The summed E-state index contributed by atoms with van der Waals surface area (Å²) in [6.45, 7) is 19.6. The van der Waals surface area contributed by atoms with Gasteiger partial charge in [0.25, 0.3) is 0 Å². The van der Waals surface area contributed by atoms with E-state index >= 15 is 0 Å². The van der Waals surface area contributed by atoms with Crippen molar-refractivity contribution in [3.05, 3.63) is 0 Å². The van der Waals surface area contributed by atoms with Crippen LogP contribution in [0, 0.1) is 0 Å². The lowest BCUT2D eigenvalue weighted by Crippen LogP contribution is -2.48. The van der Waals surface area contributed by atoms with E-state index in [9.17, 15) is 9.59 Å². The number of hydrogen-bond donors (Lipinski definition) is 0. The first-order chi connectivity index (χ1) is 12.0. The minimum Gasteiger partial charge on any atom is -0.442 e. The Labute approximate surface area is 160 Å². The maximum atomic E-state index is 12.6. The number of carbonyl (C=O) groups excluding carboxylic acids is 2. The molecular formula is C20H40N2O4. The summed E-state index contributed by atoms with van der Waals surface area (Å²) in [4.78, 5) is 28.6. The topological polar surface area (TPSA) is 59.1 Å². The number of hydrogen-bond acceptors (Lipinski definition) is 4. The van der Waals surface area contributed by atoms with E-state index in [0.717, 1.165) is 0 Å². The summed E-state index contributed by atoms with van der Waals surface area (Å²) in [7, 11) is 0. The third kappa shape index (κ3) is 7.04. The van der Waals surface area contributed by atoms with Crippen molar-refractivity contribution in [1.82, 2.24) is 9.80 Å². The van der Waals surface area contributed by atoms with Crippen molar-refractivity contribution in [3.8, 4) is 0 Å². The predicted molar refractivity (Wildman–Crippen MR) is 105 cm³/mol. The number of carbonyl (C=O) groups is 2. The van der Waals surface area contributed by atoms with Gasteiger partial charge in [0.15, 0.2) is 0 Å². The van der Waals surface area contributed by atoms with Gasteiger partial charge in [0.05, 0.1) is 0 Å². The normalized spacial score (nSPS) is 13.9. The molecule has 0 aromatic rings. The molecule has 0 aliphatic heterocycles. The number of ether oxygens (including phenoxy) is 2. The highest BCUT2D eigenvalue weighted by molar-refractivity contribution is 5.69. The molecule has 0 aliphatic carbocycles. The minimum atomic E-state index is -0.461. The van der Waals surface area contributed by atoms with Crippen LogP contribution in [-0.4, -0.2) is 58.4 Å². The molecule has 0 heterocycles. The fourth-order valence-electron chi connectivity index (χ4n) is 3.26. The zero-order valence-corrected chi connectivity index (χ0v) is 18.4. The van der Waals surface area contributed by atoms with Gasteiger partial charge in [-0.2, -0.15) is 0 Å². The van der Waals surface area contributed by atoms with E-state index in [1.807, 2.05) is 69.2 Å². The summed E-state index contributed by atoms with van der Waals surface area (Å²) in [5.74, 6) is 0. The first-order valence-electron chi connectivity index (χ1n) is 9.95. The Hall–Kier alpha value is -1.46. The lowest BCUT2D eigenvalue weighted by atomic mass is 10.1. The van der Waals surface area contributed by atoms with Crippen LogP contribution in [0.5, 0.6) is 0 Å². The van der Waals surface area contributed by atoms with Crippen LogP contribution in [0.15, 0.2) is 0 Å². The smallest absolute Gasteiger partial charge is 0.410 e. The van der Waals surface area contributed by atoms with E-state index in [4.69, 9.17) is 9.47 Å². The number of amides is 2. The van der Waals surface area contributed by atoms with Crippen LogP contribution in [0.3, 0.4) is 0 Å². The Balaban J connectivity index is 5.19. The minimum absolute atomic E-state index is 0.0417. The lowest BCUT2D eigenvalue weighted by molar-refractivity contribution is -0.0418. The van der Waals surface area contributed by atoms with Crippen molar-refractivity contribution >= 4 is 12.2 Å². The maximum absolute atomic E-state index is 12.6. The fourth-order valence-corrected chi connectivity index (χ4v) is 3.26. The average Bonchev–Trinajstić information content (AvgIpc) is 2.48. The van der Waals surface area contributed by atoms with Crippen molar-refractivity contribution in [3.63, 3.8) is 0 Å². The van der Waals surface area contributed by atoms with Gasteiger partial charge in [-0.3, -0.25) is 0 Å². The van der Waals surface area contributed by atoms with Crippen LogP contribution in [0.25, 0.3) is 0 Å². The van der Waals surface area contributed by atoms with Crippen molar-refractivity contribution in [2.75, 3.05) is 0 Å². The average molecular weight is 373 g/mol. The van der Waals surface area contributed by atoms with Crippen molar-refractivity contribution in [1.29, 1.82) is 0 Å². The van der Waals surface area contributed by atoms with Gasteiger partial charge < -0.3 is 19.3 Å². The second kappa shape index (κ2) is 11.3. The maximum Gasteiger partial charge on any atom is 0.410 e. The fraction of sp³-hybridized carbons (Fsp3) is 0.900. The molecule has 0 saturated heterocycles. The molecule has 0 aromatic carbocycles. The molecule has 2 unspecified atom stereocenters. The van der Waals surface area contributed by atoms with E-state index in [-0.39, 0.29) is 36.4 Å². The Morgan fingerprint density at radius 2 is 0.846 bits per heavy atom. The van der Waals surface area contributed by atoms with E-state index in [1.54, 1.807) is 9.80 Å². The molecule has 0 aromatic heterocycles. The number of nitrogens with zero attached hydrogens (tertiary/aromatic N) is 2. The summed E-state index contributed by atoms with van der Waals surface area (Å²) in [6.07, 6.45) is -0.465. The van der Waals surface area contributed by atoms with Crippen LogP contribution in [0.4, 0.5) is 9.59 Å². The molecule has 6 heteroatoms. The predicted octanol–water partition coefficient (Wildman–Crippen LogP) is 5.05. The molecule has 0 spiro atoms. The van der Waals surface area contributed by atoms with Gasteiger partial charge in [-0.15, -0.1) is 0 Å². The van der Waals surface area contributed by atoms with E-state index in [0.29, 0.717) is 12.8 Å². The second-order valence-electron chi connectivity index (χ2n) is 7.85. The standard InChI is InChI=1S/C20H40N2O4/c1-11-17(25-19(23)21(13(3)4)14(5)6)18(12-2)26-20(24)22(15(7)8)16(9)10/h13-18H,11-12H2,1-10H3. The van der Waals surface area contributed by atoms with Crippen LogP contribution in [0.2, 0.25) is 0 Å². The highest BCUT2D eigenvalue weighted by Crippen LogP contribution is 2.18. The molecule has 26 heavy (non-hydrogen) atoms. The van der Waals surface area contributed by atoms with Crippen molar-refractivity contribution < 1.29 is 19.1 Å². The van der Waals surface area contributed by atoms with Crippen molar-refractivity contribution in [2.45, 2.75) is 118 Å². The quantitative estimate of drug-likeness (QED) is 0.568. The molecule has 0 radical (unpaired) electrons. The molecule has 6 nitrogen and oxygen atoms in total. The van der Waals surface area contributed by atoms with Gasteiger partial charge in [-0.05, 0) is 68.2 Å². The molecule has 0 aliphatic rings. The molecule has 2 atom stereocenters. The van der Waals surface area contributed by atoms with Crippen LogP contribution in [-0.2, 0) is 9.47 Å². The van der Waals surface area contributed by atoms with Gasteiger partial charge in [0, 0.05) is 24.2 Å². The van der Waals surface area contributed by atoms with E-state index < -0.39 is 12.2 Å². The largest absolute Gasteiger partial charge is 0.442 e. The molecule has 0 saturated carbocycles. The SMILES string of the molecule is CCC(OC(=O)N(C(C)C)C(C)C)C(CC)OC(=O)N(C(C)C)C(C)C. The first-order valence-corrected chi connectivity index (χ1v) is 9.95. The molecular weight excluding hydrogens is 332 g/mol. The Morgan fingerprint density at radius 1 is 0.615 bits per heavy atom. The van der Waals surface area contributed by atoms with Gasteiger partial charge >= 0.3 is 12.2 Å². The van der Waals surface area contributed by atoms with Crippen LogP contribution < -0.4 is 0 Å². The Morgan fingerprint density at radius 3 is 1.00 bits per heavy atom. The highest BCUT2D eigenvalue weighted by Gasteiger charge is 2.32. The number of rotatable bonds is 9. The summed E-state index contributed by atoms with van der Waals surface area (Å²) in [5.41, 5.74) is 0. The monoisotopic (exact) mass is 372 g/mol. The Bertz CT molecular complexity index is 380. The van der Waals surface area contributed by atoms with Crippen LogP contribution >= 0.6 is 0 Å². The third-order valence-electron chi connectivity index (χ3n) is 4.37. The first kappa shape index (κ1) is 24.5. The molecule has 0 fully saturated rings. The summed E-state index contributed by atoms with van der Waals surface area (Å²) >= 11 is 0. The molecule has 0 N–H and O–H groups in total. The van der Waals surface area contributed by atoms with E-state index in [1.165, 1.54) is 0 Å². The molecule has 0 rings (SSSR count). The summed E-state index contributed by atoms with van der Waals surface area (Å²) < 4.78 is 11.5. The summed E-state index contributed by atoms with van der Waals surface area (Å²) in [6, 6.07) is 0.167. The Kier molecular flexibility index (Phi) is 10.7. The van der Waals surface area contributed by atoms with Gasteiger partial charge in [0.2, 0.25) is 0 Å². The second-order valence-corrected chi connectivity index (χ2v) is 7.85. The zero-order valence-electron chi connectivity index (χ0n) is 18.4. The van der Waals surface area contributed by atoms with Crippen LogP contribution in [0.1, 0.15) is 82.1 Å². The third-order valence-corrected chi connectivity index (χ3v) is 4.37. The van der Waals surface area contributed by atoms with E-state index in [2.05, 4.69) is 0 Å².